The van der Waals surface area contributed by atoms with Crippen molar-refractivity contribution in [3.05, 3.63) is 18.8 Å². The second-order valence-corrected chi connectivity index (χ2v) is 8.61. The van der Waals surface area contributed by atoms with Crippen LogP contribution in [0.3, 0.4) is 0 Å². The molecule has 0 aromatic rings. The van der Waals surface area contributed by atoms with Crippen LogP contribution in [0.1, 0.15) is 0 Å². The highest BCUT2D eigenvalue weighted by Gasteiger charge is 2.38. The van der Waals surface area contributed by atoms with E-state index in [4.69, 9.17) is 67.8 Å². The van der Waals surface area contributed by atoms with Crippen LogP contribution in [0, 0.1) is 0 Å². The van der Waals surface area contributed by atoms with Gasteiger partial charge in [-0.15, -0.1) is 0 Å². The molecule has 1 heterocycles. The molecule has 0 aromatic heterocycles. The van der Waals surface area contributed by atoms with Crippen molar-refractivity contribution in [3.63, 3.8) is 0 Å². The zero-order valence-corrected chi connectivity index (χ0v) is 10.0. The average Bonchev–Trinajstić information content (AvgIpc) is 2.06. The number of hydrogen-bond acceptors (Lipinski definition) is 0. The van der Waals surface area contributed by atoms with Crippen molar-refractivity contribution < 1.29 is 0 Å². The summed E-state index contributed by atoms with van der Waals surface area (Å²) in [4.78, 5) is 0. The molecule has 7 heteroatoms. The molecule has 0 unspecified atom stereocenters. The molecule has 1 aliphatic heterocycles. The van der Waals surface area contributed by atoms with Gasteiger partial charge in [-0.25, -0.2) is 0 Å². The lowest BCUT2D eigenvalue weighted by Gasteiger charge is -2.17. The Kier molecular flexibility index (Phi) is 3.27. The predicted octanol–water partition coefficient (Wildman–Crippen LogP) is 5.41. The summed E-state index contributed by atoms with van der Waals surface area (Å²) >= 11 is 22.5. The maximum Gasteiger partial charge on any atom is 0.108 e. The molecule has 0 atom stereocenters. The number of allylic oxidation sites excluding steroid dienone is 2. The summed E-state index contributed by atoms with van der Waals surface area (Å²) in [5, 5.41) is 0.275. The van der Waals surface area contributed by atoms with Gasteiger partial charge in [0.1, 0.15) is 8.73 Å². The SMILES string of the molecule is ClC1=C(Cl)S(Cl)(Cl)C(Cl)=C1Cl. The zero-order chi connectivity index (χ0) is 8.81. The Bertz CT molecular complexity index is 238. The first-order valence-corrected chi connectivity index (χ1v) is 7.02. The van der Waals surface area contributed by atoms with Gasteiger partial charge in [0.15, 0.2) is 0 Å². The highest BCUT2D eigenvalue weighted by atomic mass is 36.0. The normalized spacial score (nSPS) is 26.4. The van der Waals surface area contributed by atoms with Crippen molar-refractivity contribution >= 4 is 76.2 Å². The van der Waals surface area contributed by atoms with Gasteiger partial charge in [0, 0.05) is 0 Å². The maximum absolute atomic E-state index is 5.76. The third kappa shape index (κ3) is 1.62. The van der Waals surface area contributed by atoms with E-state index in [2.05, 4.69) is 0 Å². The largest absolute Gasteiger partial charge is 0.108 e. The van der Waals surface area contributed by atoms with Gasteiger partial charge in [0.2, 0.25) is 0 Å². The fraction of sp³-hybridized carbons (Fsp3) is 0. The minimum Gasteiger partial charge on any atom is -0.0804 e. The van der Waals surface area contributed by atoms with Crippen molar-refractivity contribution in [1.29, 1.82) is 0 Å². The molecular weight excluding hydrogens is 293 g/mol. The summed E-state index contributed by atoms with van der Waals surface area (Å²) in [6.07, 6.45) is 0. The van der Waals surface area contributed by atoms with E-state index in [1.54, 1.807) is 0 Å². The molecule has 0 saturated heterocycles. The van der Waals surface area contributed by atoms with Gasteiger partial charge in [-0.2, -0.15) is 0 Å². The third-order valence-electron chi connectivity index (χ3n) is 0.988. The lowest BCUT2D eigenvalue weighted by atomic mass is 10.6. The van der Waals surface area contributed by atoms with Crippen LogP contribution >= 0.6 is 76.2 Å². The zero-order valence-electron chi connectivity index (χ0n) is 4.68. The molecule has 11 heavy (non-hydrogen) atoms. The maximum atomic E-state index is 5.76. The first kappa shape index (κ1) is 10.6. The van der Waals surface area contributed by atoms with E-state index >= 15 is 0 Å². The van der Waals surface area contributed by atoms with E-state index in [0.717, 1.165) is 0 Å². The summed E-state index contributed by atoms with van der Waals surface area (Å²) in [7, 11) is 9.19. The molecule has 0 saturated carbocycles. The Morgan fingerprint density at radius 1 is 0.727 bits per heavy atom. The lowest BCUT2D eigenvalue weighted by molar-refractivity contribution is 1.90. The molecule has 0 amide bonds. The highest BCUT2D eigenvalue weighted by Crippen LogP contribution is 2.78. The first-order valence-electron chi connectivity index (χ1n) is 2.22. The van der Waals surface area contributed by atoms with Crippen LogP contribution < -0.4 is 0 Å². The lowest BCUT2D eigenvalue weighted by Crippen LogP contribution is -1.74. The number of rotatable bonds is 0. The molecule has 0 aliphatic carbocycles. The molecular formula is C4Cl6S. The molecule has 0 bridgehead atoms. The molecule has 1 rings (SSSR count). The van der Waals surface area contributed by atoms with E-state index in [0.29, 0.717) is 0 Å². The fourth-order valence-electron chi connectivity index (χ4n) is 0.476. The number of halogens is 6. The van der Waals surface area contributed by atoms with Crippen molar-refractivity contribution in [2.24, 2.45) is 0 Å². The van der Waals surface area contributed by atoms with Crippen LogP contribution in [-0.2, 0) is 0 Å². The van der Waals surface area contributed by atoms with Gasteiger partial charge >= 0.3 is 0 Å². The van der Waals surface area contributed by atoms with Crippen LogP contribution in [0.15, 0.2) is 18.8 Å². The van der Waals surface area contributed by atoms with Crippen LogP contribution in [0.4, 0.5) is 0 Å². The second kappa shape index (κ2) is 3.38. The van der Waals surface area contributed by atoms with Crippen LogP contribution in [-0.4, -0.2) is 0 Å². The standard InChI is InChI=1S/C4Cl6S/c5-1-2(6)4(8)11(9,10)3(1)7. The molecule has 0 nitrogen and oxygen atoms in total. The summed E-state index contributed by atoms with van der Waals surface area (Å²) in [5.74, 6) is 0. The molecule has 0 spiro atoms. The van der Waals surface area contributed by atoms with Gasteiger partial charge in [0.25, 0.3) is 0 Å². The molecule has 0 radical (unpaired) electrons. The highest BCUT2D eigenvalue weighted by molar-refractivity contribution is 8.72. The van der Waals surface area contributed by atoms with E-state index in [-0.39, 0.29) is 18.8 Å². The summed E-state index contributed by atoms with van der Waals surface area (Å²) in [6.45, 7) is 0. The van der Waals surface area contributed by atoms with Gasteiger partial charge in [0.05, 0.1) is 10.1 Å². The Labute approximate surface area is 94.3 Å². The minimum absolute atomic E-state index is 0.123. The summed E-state index contributed by atoms with van der Waals surface area (Å²) in [6, 6.07) is 0. The Balaban J connectivity index is 3.27. The molecule has 1 aliphatic rings. The van der Waals surface area contributed by atoms with E-state index in [1.807, 2.05) is 0 Å². The average molecular weight is 293 g/mol. The van der Waals surface area contributed by atoms with Crippen LogP contribution in [0.2, 0.25) is 0 Å². The summed E-state index contributed by atoms with van der Waals surface area (Å²) in [5.41, 5.74) is 0. The fourth-order valence-corrected chi connectivity index (χ4v) is 4.55. The van der Waals surface area contributed by atoms with Crippen molar-refractivity contribution in [3.8, 4) is 0 Å². The van der Waals surface area contributed by atoms with Gasteiger partial charge in [-0.1, -0.05) is 46.4 Å². The minimum atomic E-state index is -2.33. The smallest absolute Gasteiger partial charge is 0.0804 e. The van der Waals surface area contributed by atoms with Gasteiger partial charge in [-0.05, 0) is 29.8 Å². The van der Waals surface area contributed by atoms with E-state index < -0.39 is 8.46 Å². The first-order chi connectivity index (χ1) is 4.89. The van der Waals surface area contributed by atoms with Gasteiger partial charge < -0.3 is 0 Å². The Hall–Kier alpha value is 1.57. The van der Waals surface area contributed by atoms with Crippen molar-refractivity contribution in [1.82, 2.24) is 0 Å². The molecule has 0 N–H and O–H groups in total. The van der Waals surface area contributed by atoms with Crippen molar-refractivity contribution in [2.45, 2.75) is 0 Å². The predicted molar refractivity (Wildman–Crippen MR) is 56.8 cm³/mol. The van der Waals surface area contributed by atoms with Crippen LogP contribution in [0.5, 0.6) is 0 Å². The topological polar surface area (TPSA) is 0 Å². The van der Waals surface area contributed by atoms with Crippen molar-refractivity contribution in [2.75, 3.05) is 0 Å². The van der Waals surface area contributed by atoms with E-state index in [9.17, 15) is 0 Å². The molecule has 64 valence electrons. The quantitative estimate of drug-likeness (QED) is 0.560. The van der Waals surface area contributed by atoms with E-state index in [1.165, 1.54) is 0 Å². The Morgan fingerprint density at radius 2 is 1.00 bits per heavy atom. The number of hydrogen-bond donors (Lipinski definition) is 0. The molecule has 0 aromatic carbocycles. The van der Waals surface area contributed by atoms with Gasteiger partial charge in [-0.3, -0.25) is 0 Å². The molecule has 0 fully saturated rings. The Morgan fingerprint density at radius 3 is 1.09 bits per heavy atom. The van der Waals surface area contributed by atoms with Crippen LogP contribution in [0.25, 0.3) is 0 Å². The second-order valence-electron chi connectivity index (χ2n) is 1.64. The third-order valence-corrected chi connectivity index (χ3v) is 8.13. The summed E-state index contributed by atoms with van der Waals surface area (Å²) < 4.78 is 0.245. The monoisotopic (exact) mass is 290 g/mol.